The minimum Gasteiger partial charge on any atom is -0.464 e. The number of hydrogen-bond acceptors (Lipinski definition) is 3. The SMILES string of the molecule is CCOC(=O)[C@@H](C)OCC=C(C)C. The fourth-order valence-corrected chi connectivity index (χ4v) is 0.687. The Kier molecular flexibility index (Phi) is 6.24. The molecule has 0 saturated carbocycles. The van der Waals surface area contributed by atoms with E-state index in [1.54, 1.807) is 13.8 Å². The third-order valence-electron chi connectivity index (χ3n) is 1.46. The van der Waals surface area contributed by atoms with Crippen molar-refractivity contribution < 1.29 is 14.3 Å². The van der Waals surface area contributed by atoms with Gasteiger partial charge in [0.25, 0.3) is 0 Å². The van der Waals surface area contributed by atoms with Crippen molar-refractivity contribution in [2.75, 3.05) is 13.2 Å². The Bertz CT molecular complexity index is 181. The summed E-state index contributed by atoms with van der Waals surface area (Å²) in [6.07, 6.45) is 1.45. The van der Waals surface area contributed by atoms with E-state index in [9.17, 15) is 4.79 Å². The fourth-order valence-electron chi connectivity index (χ4n) is 0.687. The summed E-state index contributed by atoms with van der Waals surface area (Å²) in [5.41, 5.74) is 1.18. The molecule has 76 valence electrons. The molecule has 0 bridgehead atoms. The van der Waals surface area contributed by atoms with Crippen molar-refractivity contribution in [2.45, 2.75) is 33.8 Å². The normalized spacial score (nSPS) is 12.0. The molecule has 0 heterocycles. The van der Waals surface area contributed by atoms with E-state index in [0.717, 1.165) is 0 Å². The van der Waals surface area contributed by atoms with E-state index in [1.165, 1.54) is 5.57 Å². The van der Waals surface area contributed by atoms with Gasteiger partial charge in [0.05, 0.1) is 13.2 Å². The average molecular weight is 186 g/mol. The number of carbonyl (C=O) groups is 1. The average Bonchev–Trinajstić information content (AvgIpc) is 2.04. The van der Waals surface area contributed by atoms with Crippen LogP contribution in [0.4, 0.5) is 0 Å². The summed E-state index contributed by atoms with van der Waals surface area (Å²) >= 11 is 0. The molecule has 0 saturated heterocycles. The third kappa shape index (κ3) is 6.34. The van der Waals surface area contributed by atoms with Crippen molar-refractivity contribution in [1.29, 1.82) is 0 Å². The van der Waals surface area contributed by atoms with Gasteiger partial charge in [-0.15, -0.1) is 0 Å². The van der Waals surface area contributed by atoms with Gasteiger partial charge in [0.15, 0.2) is 6.10 Å². The zero-order valence-electron chi connectivity index (χ0n) is 8.79. The van der Waals surface area contributed by atoms with Gasteiger partial charge in [-0.3, -0.25) is 0 Å². The number of rotatable bonds is 5. The van der Waals surface area contributed by atoms with Gasteiger partial charge in [-0.25, -0.2) is 4.79 Å². The molecular weight excluding hydrogens is 168 g/mol. The number of esters is 1. The highest BCUT2D eigenvalue weighted by Gasteiger charge is 2.12. The van der Waals surface area contributed by atoms with Crippen molar-refractivity contribution in [3.63, 3.8) is 0 Å². The second-order valence-electron chi connectivity index (χ2n) is 3.01. The van der Waals surface area contributed by atoms with E-state index in [-0.39, 0.29) is 5.97 Å². The van der Waals surface area contributed by atoms with E-state index >= 15 is 0 Å². The molecule has 0 aliphatic carbocycles. The molecule has 0 rings (SSSR count). The number of carbonyl (C=O) groups excluding carboxylic acids is 1. The largest absolute Gasteiger partial charge is 0.464 e. The summed E-state index contributed by atoms with van der Waals surface area (Å²) in [7, 11) is 0. The molecule has 0 N–H and O–H groups in total. The highest BCUT2D eigenvalue weighted by atomic mass is 16.6. The predicted octanol–water partition coefficient (Wildman–Crippen LogP) is 1.92. The summed E-state index contributed by atoms with van der Waals surface area (Å²) in [5, 5.41) is 0. The van der Waals surface area contributed by atoms with Gasteiger partial charge in [0.1, 0.15) is 0 Å². The Morgan fingerprint density at radius 2 is 2.08 bits per heavy atom. The van der Waals surface area contributed by atoms with Crippen LogP contribution in [0.15, 0.2) is 11.6 Å². The van der Waals surface area contributed by atoms with Gasteiger partial charge < -0.3 is 9.47 Å². The zero-order valence-corrected chi connectivity index (χ0v) is 8.79. The van der Waals surface area contributed by atoms with Crippen LogP contribution in [0.25, 0.3) is 0 Å². The lowest BCUT2D eigenvalue weighted by molar-refractivity contribution is -0.154. The molecule has 0 aromatic heterocycles. The summed E-state index contributed by atoms with van der Waals surface area (Å²) in [6, 6.07) is 0. The Labute approximate surface area is 79.7 Å². The zero-order chi connectivity index (χ0) is 10.3. The molecule has 0 aromatic carbocycles. The van der Waals surface area contributed by atoms with Crippen LogP contribution >= 0.6 is 0 Å². The van der Waals surface area contributed by atoms with Crippen LogP contribution in [-0.4, -0.2) is 25.3 Å². The van der Waals surface area contributed by atoms with E-state index in [4.69, 9.17) is 9.47 Å². The second kappa shape index (κ2) is 6.66. The van der Waals surface area contributed by atoms with Crippen LogP contribution in [0, 0.1) is 0 Å². The second-order valence-corrected chi connectivity index (χ2v) is 3.01. The highest BCUT2D eigenvalue weighted by Crippen LogP contribution is 1.96. The van der Waals surface area contributed by atoms with Crippen LogP contribution < -0.4 is 0 Å². The Morgan fingerprint density at radius 3 is 2.54 bits per heavy atom. The molecular formula is C10H18O3. The molecule has 3 heteroatoms. The maximum absolute atomic E-state index is 11.1. The molecule has 0 amide bonds. The molecule has 13 heavy (non-hydrogen) atoms. The molecule has 3 nitrogen and oxygen atoms in total. The van der Waals surface area contributed by atoms with Crippen LogP contribution in [0.1, 0.15) is 27.7 Å². The van der Waals surface area contributed by atoms with Gasteiger partial charge in [-0.2, -0.15) is 0 Å². The minimum atomic E-state index is -0.476. The number of ether oxygens (including phenoxy) is 2. The summed E-state index contributed by atoms with van der Waals surface area (Å²) < 4.78 is 9.99. The maximum Gasteiger partial charge on any atom is 0.334 e. The molecule has 0 radical (unpaired) electrons. The van der Waals surface area contributed by atoms with Crippen molar-refractivity contribution in [3.05, 3.63) is 11.6 Å². The number of allylic oxidation sites excluding steroid dienone is 1. The standard InChI is InChI=1S/C10H18O3/c1-5-12-10(11)9(4)13-7-6-8(2)3/h6,9H,5,7H2,1-4H3/t9-/m1/s1. The van der Waals surface area contributed by atoms with E-state index in [0.29, 0.717) is 13.2 Å². The van der Waals surface area contributed by atoms with Gasteiger partial charge in [0, 0.05) is 0 Å². The van der Waals surface area contributed by atoms with Crippen molar-refractivity contribution in [2.24, 2.45) is 0 Å². The van der Waals surface area contributed by atoms with Gasteiger partial charge >= 0.3 is 5.97 Å². The number of hydrogen-bond donors (Lipinski definition) is 0. The first-order valence-corrected chi connectivity index (χ1v) is 4.49. The van der Waals surface area contributed by atoms with Crippen molar-refractivity contribution in [3.8, 4) is 0 Å². The van der Waals surface area contributed by atoms with E-state index in [2.05, 4.69) is 0 Å². The predicted molar refractivity (Wildman–Crippen MR) is 51.5 cm³/mol. The van der Waals surface area contributed by atoms with Crippen LogP contribution in [0.3, 0.4) is 0 Å². The van der Waals surface area contributed by atoms with Gasteiger partial charge in [0.2, 0.25) is 0 Å². The van der Waals surface area contributed by atoms with Crippen molar-refractivity contribution in [1.82, 2.24) is 0 Å². The lowest BCUT2D eigenvalue weighted by Crippen LogP contribution is -2.23. The monoisotopic (exact) mass is 186 g/mol. The van der Waals surface area contributed by atoms with E-state index in [1.807, 2.05) is 19.9 Å². The molecule has 0 aliphatic rings. The Morgan fingerprint density at radius 1 is 1.46 bits per heavy atom. The molecule has 1 atom stereocenters. The summed E-state index contributed by atoms with van der Waals surface area (Å²) in [6.45, 7) is 8.30. The van der Waals surface area contributed by atoms with Crippen LogP contribution in [0.5, 0.6) is 0 Å². The molecule has 0 unspecified atom stereocenters. The molecule has 0 spiro atoms. The first kappa shape index (κ1) is 12.2. The van der Waals surface area contributed by atoms with Gasteiger partial charge in [-0.1, -0.05) is 11.6 Å². The lowest BCUT2D eigenvalue weighted by atomic mass is 10.3. The first-order valence-electron chi connectivity index (χ1n) is 4.49. The van der Waals surface area contributed by atoms with Crippen LogP contribution in [-0.2, 0) is 14.3 Å². The maximum atomic E-state index is 11.1. The summed E-state index contributed by atoms with van der Waals surface area (Å²) in [4.78, 5) is 11.1. The summed E-state index contributed by atoms with van der Waals surface area (Å²) in [5.74, 6) is -0.301. The molecule has 0 aromatic rings. The topological polar surface area (TPSA) is 35.5 Å². The Hall–Kier alpha value is -0.830. The smallest absolute Gasteiger partial charge is 0.334 e. The van der Waals surface area contributed by atoms with E-state index < -0.39 is 6.10 Å². The quantitative estimate of drug-likeness (QED) is 0.486. The third-order valence-corrected chi connectivity index (χ3v) is 1.46. The molecule has 0 fully saturated rings. The van der Waals surface area contributed by atoms with Crippen LogP contribution in [0.2, 0.25) is 0 Å². The lowest BCUT2D eigenvalue weighted by Gasteiger charge is -2.09. The van der Waals surface area contributed by atoms with Gasteiger partial charge in [-0.05, 0) is 27.7 Å². The molecule has 0 aliphatic heterocycles. The highest BCUT2D eigenvalue weighted by molar-refractivity contribution is 5.74. The minimum absolute atomic E-state index is 0.301. The fraction of sp³-hybridized carbons (Fsp3) is 0.700. The Balaban J connectivity index is 3.67. The first-order chi connectivity index (χ1) is 6.07. The van der Waals surface area contributed by atoms with Crippen molar-refractivity contribution >= 4 is 5.97 Å².